The van der Waals surface area contributed by atoms with Gasteiger partial charge in [-0.3, -0.25) is 0 Å². The lowest BCUT2D eigenvalue weighted by atomic mass is 9.76. The predicted octanol–water partition coefficient (Wildman–Crippen LogP) is 3.07. The van der Waals surface area contributed by atoms with Gasteiger partial charge in [0.25, 0.3) is 0 Å². The van der Waals surface area contributed by atoms with Crippen molar-refractivity contribution in [1.82, 2.24) is 4.72 Å². The van der Waals surface area contributed by atoms with Crippen LogP contribution in [0, 0.1) is 0 Å². The molecule has 1 saturated carbocycles. The van der Waals surface area contributed by atoms with Crippen LogP contribution in [0.2, 0.25) is 0 Å². The first-order valence-electron chi connectivity index (χ1n) is 6.30. The molecule has 19 heavy (non-hydrogen) atoms. The molecule has 0 unspecified atom stereocenters. The van der Waals surface area contributed by atoms with E-state index in [1.54, 1.807) is 18.2 Å². The Balaban J connectivity index is 2.36. The number of hydrogen-bond donors (Lipinski definition) is 1. The fraction of sp³-hybridized carbons (Fsp3) is 0.538. The zero-order valence-corrected chi connectivity index (χ0v) is 13.5. The summed E-state index contributed by atoms with van der Waals surface area (Å²) < 4.78 is 33.7. The number of ether oxygens (including phenoxy) is 1. The summed E-state index contributed by atoms with van der Waals surface area (Å²) in [6.07, 6.45) is 3.69. The van der Waals surface area contributed by atoms with Crippen LogP contribution >= 0.6 is 15.9 Å². The molecule has 1 aliphatic rings. The van der Waals surface area contributed by atoms with Gasteiger partial charge < -0.3 is 4.74 Å². The molecular formula is C13H18BrNO3S. The van der Waals surface area contributed by atoms with E-state index in [1.807, 2.05) is 6.92 Å². The summed E-state index contributed by atoms with van der Waals surface area (Å²) in [5, 5.41) is 0. The van der Waals surface area contributed by atoms with Gasteiger partial charge >= 0.3 is 0 Å². The van der Waals surface area contributed by atoms with Crippen LogP contribution in [-0.4, -0.2) is 21.1 Å². The average molecular weight is 348 g/mol. The molecule has 1 N–H and O–H groups in total. The van der Waals surface area contributed by atoms with Gasteiger partial charge in [0.1, 0.15) is 10.6 Å². The lowest BCUT2D eigenvalue weighted by molar-refractivity contribution is 0.213. The molecule has 4 nitrogen and oxygen atoms in total. The van der Waals surface area contributed by atoms with Gasteiger partial charge in [-0.15, -0.1) is 0 Å². The predicted molar refractivity (Wildman–Crippen MR) is 77.9 cm³/mol. The molecular weight excluding hydrogens is 330 g/mol. The summed E-state index contributed by atoms with van der Waals surface area (Å²) in [7, 11) is -2.09. The summed E-state index contributed by atoms with van der Waals surface area (Å²) in [6.45, 7) is 2.01. The van der Waals surface area contributed by atoms with E-state index in [-0.39, 0.29) is 10.4 Å². The van der Waals surface area contributed by atoms with Crippen LogP contribution < -0.4 is 9.46 Å². The third-order valence-corrected chi connectivity index (χ3v) is 5.85. The lowest BCUT2D eigenvalue weighted by Crippen LogP contribution is -2.52. The summed E-state index contributed by atoms with van der Waals surface area (Å²) in [4.78, 5) is 0.184. The molecule has 1 fully saturated rings. The van der Waals surface area contributed by atoms with E-state index in [0.29, 0.717) is 10.2 Å². The van der Waals surface area contributed by atoms with E-state index in [9.17, 15) is 8.42 Å². The van der Waals surface area contributed by atoms with Crippen LogP contribution in [0.25, 0.3) is 0 Å². The van der Waals surface area contributed by atoms with Gasteiger partial charge in [-0.05, 0) is 43.9 Å². The van der Waals surface area contributed by atoms with Crippen molar-refractivity contribution >= 4 is 26.0 Å². The van der Waals surface area contributed by atoms with Crippen molar-refractivity contribution in [3.63, 3.8) is 0 Å². The second kappa shape index (κ2) is 5.42. The Morgan fingerprint density at radius 1 is 1.42 bits per heavy atom. The Labute approximate surface area is 122 Å². The number of halogens is 1. The Hall–Kier alpha value is -0.590. The molecule has 0 aromatic heterocycles. The standard InChI is InChI=1S/C13H18BrNO3S/c1-3-13(7-4-8-13)15-19(16,17)12-9-10(14)5-6-11(12)18-2/h5-6,9,15H,3-4,7-8H2,1-2H3. The number of benzene rings is 1. The lowest BCUT2D eigenvalue weighted by Gasteiger charge is -2.41. The first-order valence-corrected chi connectivity index (χ1v) is 8.57. The van der Waals surface area contributed by atoms with Crippen molar-refractivity contribution in [2.24, 2.45) is 0 Å². The number of methoxy groups -OCH3 is 1. The van der Waals surface area contributed by atoms with Crippen molar-refractivity contribution in [2.45, 2.75) is 43.0 Å². The fourth-order valence-electron chi connectivity index (χ4n) is 2.33. The third kappa shape index (κ3) is 2.95. The smallest absolute Gasteiger partial charge is 0.244 e. The minimum atomic E-state index is -3.56. The first-order chi connectivity index (χ1) is 8.92. The van der Waals surface area contributed by atoms with Gasteiger partial charge in [0.05, 0.1) is 7.11 Å². The van der Waals surface area contributed by atoms with Crippen LogP contribution in [0.5, 0.6) is 5.75 Å². The fourth-order valence-corrected chi connectivity index (χ4v) is 4.57. The topological polar surface area (TPSA) is 55.4 Å². The third-order valence-electron chi connectivity index (χ3n) is 3.75. The molecule has 0 bridgehead atoms. The van der Waals surface area contributed by atoms with Crippen LogP contribution in [0.3, 0.4) is 0 Å². The second-order valence-electron chi connectivity index (χ2n) is 4.89. The zero-order valence-electron chi connectivity index (χ0n) is 11.1. The van der Waals surface area contributed by atoms with Crippen LogP contribution in [-0.2, 0) is 10.0 Å². The Kier molecular flexibility index (Phi) is 4.23. The van der Waals surface area contributed by atoms with E-state index in [1.165, 1.54) is 7.11 Å². The SMILES string of the molecule is CCC1(NS(=O)(=O)c2cc(Br)ccc2OC)CCC1. The molecule has 6 heteroatoms. The maximum Gasteiger partial charge on any atom is 0.244 e. The van der Waals surface area contributed by atoms with Gasteiger partial charge in [-0.25, -0.2) is 13.1 Å². The minimum absolute atomic E-state index is 0.184. The van der Waals surface area contributed by atoms with Crippen molar-refractivity contribution in [2.75, 3.05) is 7.11 Å². The molecule has 0 radical (unpaired) electrons. The number of sulfonamides is 1. The van der Waals surface area contributed by atoms with Crippen molar-refractivity contribution in [3.8, 4) is 5.75 Å². The van der Waals surface area contributed by atoms with Crippen LogP contribution in [0.4, 0.5) is 0 Å². The molecule has 0 saturated heterocycles. The maximum atomic E-state index is 12.5. The number of nitrogens with one attached hydrogen (secondary N) is 1. The van der Waals surface area contributed by atoms with Crippen molar-refractivity contribution in [3.05, 3.63) is 22.7 Å². The average Bonchev–Trinajstić information content (AvgIpc) is 2.34. The Morgan fingerprint density at radius 2 is 2.11 bits per heavy atom. The van der Waals surface area contributed by atoms with E-state index in [4.69, 9.17) is 4.74 Å². The van der Waals surface area contributed by atoms with Gasteiger partial charge in [0, 0.05) is 10.0 Å². The zero-order chi connectivity index (χ0) is 14.1. The Morgan fingerprint density at radius 3 is 2.58 bits per heavy atom. The molecule has 1 aliphatic carbocycles. The molecule has 0 spiro atoms. The van der Waals surface area contributed by atoms with Crippen molar-refractivity contribution in [1.29, 1.82) is 0 Å². The quantitative estimate of drug-likeness (QED) is 0.890. The summed E-state index contributed by atoms with van der Waals surface area (Å²) in [6, 6.07) is 4.98. The highest BCUT2D eigenvalue weighted by Crippen LogP contribution is 2.37. The highest BCUT2D eigenvalue weighted by molar-refractivity contribution is 9.10. The van der Waals surface area contributed by atoms with Gasteiger partial charge in [0.15, 0.2) is 0 Å². The highest BCUT2D eigenvalue weighted by Gasteiger charge is 2.39. The maximum absolute atomic E-state index is 12.5. The van der Waals surface area contributed by atoms with Crippen LogP contribution in [0.15, 0.2) is 27.6 Å². The summed E-state index contributed by atoms with van der Waals surface area (Å²) in [5.41, 5.74) is -0.272. The number of hydrogen-bond acceptors (Lipinski definition) is 3. The van der Waals surface area contributed by atoms with Gasteiger partial charge in [-0.1, -0.05) is 22.9 Å². The van der Waals surface area contributed by atoms with E-state index in [0.717, 1.165) is 25.7 Å². The molecule has 2 rings (SSSR count). The monoisotopic (exact) mass is 347 g/mol. The molecule has 0 amide bonds. The Bertz CT molecular complexity index is 562. The molecule has 1 aromatic rings. The van der Waals surface area contributed by atoms with E-state index >= 15 is 0 Å². The van der Waals surface area contributed by atoms with Gasteiger partial charge in [0.2, 0.25) is 10.0 Å². The summed E-state index contributed by atoms with van der Waals surface area (Å²) >= 11 is 3.30. The number of rotatable bonds is 5. The second-order valence-corrected chi connectivity index (χ2v) is 7.45. The molecule has 0 atom stereocenters. The van der Waals surface area contributed by atoms with Crippen LogP contribution in [0.1, 0.15) is 32.6 Å². The minimum Gasteiger partial charge on any atom is -0.495 e. The van der Waals surface area contributed by atoms with Gasteiger partial charge in [-0.2, -0.15) is 0 Å². The van der Waals surface area contributed by atoms with Crippen molar-refractivity contribution < 1.29 is 13.2 Å². The highest BCUT2D eigenvalue weighted by atomic mass is 79.9. The molecule has 0 aliphatic heterocycles. The first kappa shape index (κ1) is 14.8. The molecule has 1 aromatic carbocycles. The molecule has 0 heterocycles. The summed E-state index contributed by atoms with van der Waals surface area (Å²) in [5.74, 6) is 0.362. The molecule has 106 valence electrons. The largest absolute Gasteiger partial charge is 0.495 e. The van der Waals surface area contributed by atoms with E-state index < -0.39 is 10.0 Å². The van der Waals surface area contributed by atoms with E-state index in [2.05, 4.69) is 20.7 Å². The normalized spacial score (nSPS) is 17.8.